The highest BCUT2D eigenvalue weighted by molar-refractivity contribution is 5.45. The summed E-state index contributed by atoms with van der Waals surface area (Å²) >= 11 is 0. The van der Waals surface area contributed by atoms with Gasteiger partial charge in [-0.05, 0) is 43.9 Å². The number of pyridine rings is 1. The van der Waals surface area contributed by atoms with E-state index >= 15 is 0 Å². The van der Waals surface area contributed by atoms with Gasteiger partial charge in [0.25, 0.3) is 0 Å². The zero-order valence-corrected chi connectivity index (χ0v) is 10.9. The number of rotatable bonds is 7. The molecule has 1 aliphatic carbocycles. The summed E-state index contributed by atoms with van der Waals surface area (Å²) in [5, 5.41) is 3.39. The molecule has 94 valence electrons. The monoisotopic (exact) mass is 233 g/mol. The molecule has 1 saturated carbocycles. The fourth-order valence-electron chi connectivity index (χ4n) is 1.99. The molecule has 0 unspecified atom stereocenters. The first kappa shape index (κ1) is 12.4. The minimum absolute atomic E-state index is 0.874. The zero-order valence-electron chi connectivity index (χ0n) is 10.9. The predicted octanol–water partition coefficient (Wildman–Crippen LogP) is 2.43. The van der Waals surface area contributed by atoms with Gasteiger partial charge in [-0.2, -0.15) is 0 Å². The van der Waals surface area contributed by atoms with Gasteiger partial charge in [-0.3, -0.25) is 4.98 Å². The van der Waals surface area contributed by atoms with Crippen LogP contribution in [0.4, 0.5) is 5.69 Å². The van der Waals surface area contributed by atoms with Crippen molar-refractivity contribution in [3.8, 4) is 0 Å². The molecule has 3 heteroatoms. The van der Waals surface area contributed by atoms with Crippen molar-refractivity contribution in [2.24, 2.45) is 5.92 Å². The highest BCUT2D eigenvalue weighted by Crippen LogP contribution is 2.30. The maximum Gasteiger partial charge on any atom is 0.0562 e. The van der Waals surface area contributed by atoms with E-state index in [9.17, 15) is 0 Å². The molecule has 0 bridgehead atoms. The second-order valence-electron chi connectivity index (χ2n) is 5.01. The van der Waals surface area contributed by atoms with Crippen LogP contribution in [-0.4, -0.2) is 25.1 Å². The molecule has 0 atom stereocenters. The van der Waals surface area contributed by atoms with E-state index < -0.39 is 0 Å². The summed E-state index contributed by atoms with van der Waals surface area (Å²) in [6.45, 7) is 5.30. The Kier molecular flexibility index (Phi) is 4.37. The molecule has 1 aliphatic rings. The van der Waals surface area contributed by atoms with E-state index in [0.717, 1.165) is 24.7 Å². The van der Waals surface area contributed by atoms with Crippen LogP contribution < -0.4 is 10.2 Å². The first-order chi connectivity index (χ1) is 8.29. The zero-order chi connectivity index (χ0) is 12.1. The average molecular weight is 233 g/mol. The Balaban J connectivity index is 1.90. The Morgan fingerprint density at radius 1 is 1.47 bits per heavy atom. The Labute approximate surface area is 104 Å². The molecule has 0 saturated heterocycles. The highest BCUT2D eigenvalue weighted by atomic mass is 15.1. The standard InChI is InChI=1S/C14H23N3/c1-3-7-15-10-13-9-14(6-8-16-13)17(2)11-12-4-5-12/h6,8-9,12,15H,3-5,7,10-11H2,1-2H3. The first-order valence-electron chi connectivity index (χ1n) is 6.66. The van der Waals surface area contributed by atoms with Gasteiger partial charge in [-0.1, -0.05) is 6.92 Å². The molecule has 0 radical (unpaired) electrons. The number of aromatic nitrogens is 1. The Hall–Kier alpha value is -1.09. The van der Waals surface area contributed by atoms with E-state index in [-0.39, 0.29) is 0 Å². The van der Waals surface area contributed by atoms with Crippen molar-refractivity contribution in [2.75, 3.05) is 25.0 Å². The molecule has 0 aliphatic heterocycles. The number of hydrogen-bond acceptors (Lipinski definition) is 3. The first-order valence-corrected chi connectivity index (χ1v) is 6.66. The van der Waals surface area contributed by atoms with Gasteiger partial charge in [0.15, 0.2) is 0 Å². The second-order valence-corrected chi connectivity index (χ2v) is 5.01. The summed E-state index contributed by atoms with van der Waals surface area (Å²) in [4.78, 5) is 6.75. The summed E-state index contributed by atoms with van der Waals surface area (Å²) in [6.07, 6.45) is 5.89. The topological polar surface area (TPSA) is 28.2 Å². The number of anilines is 1. The summed E-state index contributed by atoms with van der Waals surface area (Å²) < 4.78 is 0. The van der Waals surface area contributed by atoms with Crippen molar-refractivity contribution in [1.29, 1.82) is 0 Å². The fourth-order valence-corrected chi connectivity index (χ4v) is 1.99. The number of nitrogens with zero attached hydrogens (tertiary/aromatic N) is 2. The second kappa shape index (κ2) is 6.01. The van der Waals surface area contributed by atoms with Crippen molar-refractivity contribution < 1.29 is 0 Å². The van der Waals surface area contributed by atoms with Gasteiger partial charge < -0.3 is 10.2 Å². The summed E-state index contributed by atoms with van der Waals surface area (Å²) in [7, 11) is 2.18. The molecule has 2 rings (SSSR count). The lowest BCUT2D eigenvalue weighted by molar-refractivity contribution is 0.664. The van der Waals surface area contributed by atoms with Crippen LogP contribution in [0.15, 0.2) is 18.3 Å². The molecular weight excluding hydrogens is 210 g/mol. The SMILES string of the molecule is CCCNCc1cc(N(C)CC2CC2)ccn1. The van der Waals surface area contributed by atoms with Crippen LogP contribution in [0.3, 0.4) is 0 Å². The molecule has 1 aromatic heterocycles. The van der Waals surface area contributed by atoms with Crippen molar-refractivity contribution >= 4 is 5.69 Å². The lowest BCUT2D eigenvalue weighted by atomic mass is 10.2. The van der Waals surface area contributed by atoms with Crippen LogP contribution in [0.1, 0.15) is 31.9 Å². The Morgan fingerprint density at radius 2 is 2.29 bits per heavy atom. The largest absolute Gasteiger partial charge is 0.374 e. The van der Waals surface area contributed by atoms with E-state index in [0.29, 0.717) is 0 Å². The highest BCUT2D eigenvalue weighted by Gasteiger charge is 2.22. The van der Waals surface area contributed by atoms with Crippen LogP contribution in [0.2, 0.25) is 0 Å². The number of hydrogen-bond donors (Lipinski definition) is 1. The summed E-state index contributed by atoms with van der Waals surface area (Å²) in [5.74, 6) is 0.926. The van der Waals surface area contributed by atoms with Gasteiger partial charge in [0.1, 0.15) is 0 Å². The van der Waals surface area contributed by atoms with Gasteiger partial charge in [-0.25, -0.2) is 0 Å². The molecule has 17 heavy (non-hydrogen) atoms. The molecule has 0 aromatic carbocycles. The third-order valence-electron chi connectivity index (χ3n) is 3.20. The van der Waals surface area contributed by atoms with E-state index in [2.05, 4.69) is 41.3 Å². The molecule has 1 aromatic rings. The van der Waals surface area contributed by atoms with Gasteiger partial charge in [0.05, 0.1) is 5.69 Å². The van der Waals surface area contributed by atoms with Gasteiger partial charge in [-0.15, -0.1) is 0 Å². The molecule has 3 nitrogen and oxygen atoms in total. The maximum absolute atomic E-state index is 4.40. The quantitative estimate of drug-likeness (QED) is 0.733. The third kappa shape index (κ3) is 4.00. The molecule has 1 fully saturated rings. The van der Waals surface area contributed by atoms with Crippen LogP contribution in [0, 0.1) is 5.92 Å². The minimum Gasteiger partial charge on any atom is -0.374 e. The van der Waals surface area contributed by atoms with E-state index in [1.807, 2.05) is 6.20 Å². The predicted molar refractivity (Wildman–Crippen MR) is 72.2 cm³/mol. The van der Waals surface area contributed by atoms with Crippen LogP contribution in [-0.2, 0) is 6.54 Å². The third-order valence-corrected chi connectivity index (χ3v) is 3.20. The molecule has 1 N–H and O–H groups in total. The minimum atomic E-state index is 0.874. The van der Waals surface area contributed by atoms with Crippen LogP contribution in [0.25, 0.3) is 0 Å². The fraction of sp³-hybridized carbons (Fsp3) is 0.643. The maximum atomic E-state index is 4.40. The van der Waals surface area contributed by atoms with Gasteiger partial charge >= 0.3 is 0 Å². The molecule has 0 spiro atoms. The Bertz CT molecular complexity index is 347. The smallest absolute Gasteiger partial charge is 0.0562 e. The lowest BCUT2D eigenvalue weighted by Crippen LogP contribution is -2.21. The van der Waals surface area contributed by atoms with Crippen molar-refractivity contribution in [3.63, 3.8) is 0 Å². The summed E-state index contributed by atoms with van der Waals surface area (Å²) in [6, 6.07) is 4.30. The molecule has 1 heterocycles. The van der Waals surface area contributed by atoms with Crippen LogP contribution >= 0.6 is 0 Å². The molecular formula is C14H23N3. The van der Waals surface area contributed by atoms with Gasteiger partial charge in [0, 0.05) is 32.0 Å². The average Bonchev–Trinajstić information content (AvgIpc) is 3.14. The van der Waals surface area contributed by atoms with E-state index in [1.54, 1.807) is 0 Å². The van der Waals surface area contributed by atoms with Gasteiger partial charge in [0.2, 0.25) is 0 Å². The van der Waals surface area contributed by atoms with Crippen molar-refractivity contribution in [1.82, 2.24) is 10.3 Å². The van der Waals surface area contributed by atoms with E-state index in [1.165, 1.54) is 31.5 Å². The number of nitrogens with one attached hydrogen (secondary N) is 1. The van der Waals surface area contributed by atoms with E-state index in [4.69, 9.17) is 0 Å². The lowest BCUT2D eigenvalue weighted by Gasteiger charge is -2.19. The normalized spacial score (nSPS) is 14.9. The molecule has 0 amide bonds. The summed E-state index contributed by atoms with van der Waals surface area (Å²) in [5.41, 5.74) is 2.43. The van der Waals surface area contributed by atoms with Crippen molar-refractivity contribution in [2.45, 2.75) is 32.7 Å². The van der Waals surface area contributed by atoms with Crippen LogP contribution in [0.5, 0.6) is 0 Å². The Morgan fingerprint density at radius 3 is 3.00 bits per heavy atom. The van der Waals surface area contributed by atoms with Crippen molar-refractivity contribution in [3.05, 3.63) is 24.0 Å².